The van der Waals surface area contributed by atoms with Gasteiger partial charge in [-0.2, -0.15) is 36.8 Å². The number of rotatable bonds is 8. The molecule has 105 heavy (non-hydrogen) atoms. The molecule has 1 aliphatic heterocycles. The van der Waals surface area contributed by atoms with Crippen LogP contribution in [0.2, 0.25) is 0 Å². The number of nitrogens with zero attached hydrogens (tertiary/aromatic N) is 14. The number of nitriles is 7. The van der Waals surface area contributed by atoms with Crippen LogP contribution in [0.3, 0.4) is 0 Å². The average molecular weight is 1400 g/mol. The zero-order chi connectivity index (χ0) is 75.7. The number of anilines is 1. The zero-order valence-corrected chi connectivity index (χ0v) is 56.3. The van der Waals surface area contributed by atoms with Crippen molar-refractivity contribution in [2.45, 2.75) is 26.2 Å². The van der Waals surface area contributed by atoms with E-state index >= 15 is 0 Å². The number of hydrogen-bond donors (Lipinski definition) is 6. The third-order valence-electron chi connectivity index (χ3n) is 14.9. The molecule has 0 unspecified atom stereocenters. The van der Waals surface area contributed by atoms with Gasteiger partial charge in [-0.15, -0.1) is 0 Å². The van der Waals surface area contributed by atoms with Crippen molar-refractivity contribution in [3.63, 3.8) is 0 Å². The van der Waals surface area contributed by atoms with Crippen LogP contribution in [-0.2, 0) is 5.41 Å². The first-order valence-corrected chi connectivity index (χ1v) is 30.7. The highest BCUT2D eigenvalue weighted by molar-refractivity contribution is 5.76. The van der Waals surface area contributed by atoms with Crippen molar-refractivity contribution >= 4 is 5.69 Å². The van der Waals surface area contributed by atoms with Gasteiger partial charge in [0.2, 0.25) is 6.79 Å². The predicted molar refractivity (Wildman–Crippen MR) is 380 cm³/mol. The van der Waals surface area contributed by atoms with Gasteiger partial charge in [-0.05, 0) is 83.8 Å². The molecule has 13 rings (SSSR count). The summed E-state index contributed by atoms with van der Waals surface area (Å²) in [7, 11) is 5.44. The van der Waals surface area contributed by atoms with E-state index in [4.69, 9.17) is 51.0 Å². The number of halogens is 1. The van der Waals surface area contributed by atoms with E-state index in [-0.39, 0.29) is 57.1 Å². The molecule has 7 heterocycles. The van der Waals surface area contributed by atoms with Crippen molar-refractivity contribution in [3.05, 3.63) is 290 Å². The molecule has 6 N–H and O–H groups in total. The van der Waals surface area contributed by atoms with Gasteiger partial charge in [0.15, 0.2) is 11.5 Å². The molecular weight excluding hydrogens is 1340 g/mol. The highest BCUT2D eigenvalue weighted by Crippen LogP contribution is 2.41. The van der Waals surface area contributed by atoms with E-state index in [1.807, 2.05) is 104 Å². The van der Waals surface area contributed by atoms with Crippen LogP contribution < -0.4 is 52.5 Å². The van der Waals surface area contributed by atoms with Crippen molar-refractivity contribution in [2.75, 3.05) is 32.9 Å². The molecule has 30 heteroatoms. The molecule has 0 fully saturated rings. The maximum Gasteiger partial charge on any atom is 0.269 e. The fraction of sp³-hybridized carbons (Fsp3) is 0.107. The maximum atomic E-state index is 12.7. The highest BCUT2D eigenvalue weighted by Gasteiger charge is 2.23. The number of nitrogens with one attached hydrogen (secondary N) is 6. The van der Waals surface area contributed by atoms with Gasteiger partial charge < -0.3 is 49.0 Å². The van der Waals surface area contributed by atoms with Crippen LogP contribution in [0.15, 0.2) is 206 Å². The fourth-order valence-electron chi connectivity index (χ4n) is 9.56. The molecule has 516 valence electrons. The lowest BCUT2D eigenvalue weighted by atomic mass is 9.86. The highest BCUT2D eigenvalue weighted by atomic mass is 19.1. The summed E-state index contributed by atoms with van der Waals surface area (Å²) in [6.07, 6.45) is 7.61. The van der Waals surface area contributed by atoms with Crippen molar-refractivity contribution in [3.8, 4) is 127 Å². The SMILES string of the molecule is CC(C)(C)c1ccc(-c2nc[nH]c(=O)c2C#N)cc1.CN(C)c1ccc(-c2nc[nH]c(=O)c2C#N)cc1.COc1cccc(-c2nc[nH]c(=O)c2C#N)c1.N#Cc1c(-c2ccc(F)cc2)nc[nH]c1=O.N#Cc1c(-c2cccc3c2OCO3)nc[nH]c1=O.N#Cc1ccc(-c2nc[nH]c(=O)c2C#N)cc1. The number of aromatic nitrogens is 12. The number of H-pyrrole nitrogens is 6. The van der Waals surface area contributed by atoms with Crippen LogP contribution in [0.25, 0.3) is 67.5 Å². The molecule has 6 aromatic carbocycles. The molecule has 0 amide bonds. The van der Waals surface area contributed by atoms with Crippen molar-refractivity contribution < 1.29 is 18.6 Å². The number of methoxy groups -OCH3 is 1. The first-order chi connectivity index (χ1) is 50.6. The minimum Gasteiger partial charge on any atom is -0.497 e. The Balaban J connectivity index is 0.000000159. The largest absolute Gasteiger partial charge is 0.497 e. The molecule has 0 atom stereocenters. The van der Waals surface area contributed by atoms with Gasteiger partial charge in [0, 0.05) is 53.2 Å². The van der Waals surface area contributed by atoms with Gasteiger partial charge in [-0.1, -0.05) is 87.5 Å². The molecule has 12 aromatic rings. The lowest BCUT2D eigenvalue weighted by Crippen LogP contribution is -2.13. The molecule has 0 aliphatic carbocycles. The Hall–Kier alpha value is -15.8. The van der Waals surface area contributed by atoms with Crippen molar-refractivity contribution in [2.24, 2.45) is 0 Å². The summed E-state index contributed by atoms with van der Waals surface area (Å²) < 4.78 is 28.4. The first-order valence-electron chi connectivity index (χ1n) is 30.7. The third-order valence-corrected chi connectivity index (χ3v) is 14.9. The number of para-hydroxylation sites is 1. The maximum absolute atomic E-state index is 12.7. The summed E-state index contributed by atoms with van der Waals surface area (Å²) in [4.78, 5) is 109. The van der Waals surface area contributed by atoms with Crippen LogP contribution >= 0.6 is 0 Å². The molecule has 0 saturated carbocycles. The Morgan fingerprint density at radius 3 is 1.12 bits per heavy atom. The number of fused-ring (bicyclic) bond motifs is 1. The fourth-order valence-corrected chi connectivity index (χ4v) is 9.56. The summed E-state index contributed by atoms with van der Waals surface area (Å²) in [5.74, 6) is 1.35. The lowest BCUT2D eigenvalue weighted by Gasteiger charge is -2.19. The standard InChI is InChI=1S/C15H15N3O.C13H12N4O.C12H6N4O.C12H7N3O3.C12H9N3O2.C11H6FN3O/c1-15(2,3)11-6-4-10(5-7-11)13-12(8-16)14(19)18-9-17-13;1-17(2)10-5-3-9(4-6-10)12-11(7-14)13(18)16-8-15-12;13-5-8-1-3-9(4-2-8)11-10(6-14)12(17)16-7-15-11;13-4-8-10(14-5-15-12(8)16)7-2-1-3-9-11(7)18-6-17-9;1-17-9-4-2-3-8(5-9)11-10(6-13)12(16)15-7-14-11;12-8-3-1-7(2-4-8)10-9(5-13)11(16)15-6-14-10/h4-7,9H,1-3H3,(H,17,18,19);3-6,8H,1-2H3,(H,15,16,18);1-4,7H,(H,15,16,17);1-3,5H,6H2,(H,14,15,16);2-5,7H,1H3,(H,14,15,16);1-4,6H,(H,14,15,16). The summed E-state index contributed by atoms with van der Waals surface area (Å²) in [5.41, 5.74) is 6.04. The molecule has 0 radical (unpaired) electrons. The molecular formula is C75H55FN20O9. The van der Waals surface area contributed by atoms with Crippen LogP contribution in [0.4, 0.5) is 10.1 Å². The second-order valence-electron chi connectivity index (χ2n) is 22.6. The van der Waals surface area contributed by atoms with Gasteiger partial charge in [0.25, 0.3) is 33.4 Å². The molecule has 1 aliphatic rings. The molecule has 6 aromatic heterocycles. The lowest BCUT2D eigenvalue weighted by molar-refractivity contribution is 0.174. The van der Waals surface area contributed by atoms with E-state index in [1.54, 1.807) is 79.9 Å². The van der Waals surface area contributed by atoms with Crippen LogP contribution in [0, 0.1) is 85.1 Å². The minimum atomic E-state index is -0.503. The van der Waals surface area contributed by atoms with E-state index in [2.05, 4.69) is 80.6 Å². The van der Waals surface area contributed by atoms with E-state index in [0.717, 1.165) is 16.8 Å². The molecule has 29 nitrogen and oxygen atoms in total. The zero-order valence-electron chi connectivity index (χ0n) is 56.3. The van der Waals surface area contributed by atoms with Gasteiger partial charge in [-0.3, -0.25) is 28.8 Å². The normalized spacial score (nSPS) is 10.3. The smallest absolute Gasteiger partial charge is 0.269 e. The first kappa shape index (κ1) is 74.9. The predicted octanol–water partition coefficient (Wildman–Crippen LogP) is 8.96. The second-order valence-corrected chi connectivity index (χ2v) is 22.6. The second kappa shape index (κ2) is 35.1. The number of ether oxygens (including phenoxy) is 3. The quantitative estimate of drug-likeness (QED) is 0.0826. The van der Waals surface area contributed by atoms with E-state index in [9.17, 15) is 33.2 Å². The third kappa shape index (κ3) is 18.5. The summed E-state index contributed by atoms with van der Waals surface area (Å²) in [6.45, 7) is 6.52. The summed E-state index contributed by atoms with van der Waals surface area (Å²) in [6, 6.07) is 52.6. The summed E-state index contributed by atoms with van der Waals surface area (Å²) >= 11 is 0. The number of benzene rings is 6. The minimum absolute atomic E-state index is 0.000697. The Labute approximate surface area is 594 Å². The summed E-state index contributed by atoms with van der Waals surface area (Å²) in [5, 5.41) is 62.4. The van der Waals surface area contributed by atoms with E-state index < -0.39 is 33.4 Å². The van der Waals surface area contributed by atoms with Crippen LogP contribution in [0.5, 0.6) is 17.2 Å². The Kier molecular flexibility index (Phi) is 25.0. The topological polar surface area (TPSA) is 472 Å². The Bertz CT molecular complexity index is 5860. The van der Waals surface area contributed by atoms with E-state index in [1.165, 1.54) is 67.8 Å². The van der Waals surface area contributed by atoms with Gasteiger partial charge in [0.05, 0.1) is 90.9 Å². The molecule has 0 saturated heterocycles. The molecule has 0 bridgehead atoms. The van der Waals surface area contributed by atoms with E-state index in [0.29, 0.717) is 73.5 Å². The average Bonchev–Trinajstić information content (AvgIpc) is 1.69. The van der Waals surface area contributed by atoms with Crippen molar-refractivity contribution in [1.82, 2.24) is 59.8 Å². The van der Waals surface area contributed by atoms with Gasteiger partial charge in [0.1, 0.15) is 81.4 Å². The Morgan fingerprint density at radius 2 is 0.762 bits per heavy atom. The number of hydrogen-bond acceptors (Lipinski definition) is 23. The monoisotopic (exact) mass is 1400 g/mol. The van der Waals surface area contributed by atoms with Crippen LogP contribution in [-0.4, -0.2) is 87.8 Å². The van der Waals surface area contributed by atoms with Crippen molar-refractivity contribution in [1.29, 1.82) is 36.8 Å². The Morgan fingerprint density at radius 1 is 0.419 bits per heavy atom. The molecule has 0 spiro atoms. The van der Waals surface area contributed by atoms with Gasteiger partial charge in [-0.25, -0.2) is 34.3 Å². The van der Waals surface area contributed by atoms with Gasteiger partial charge >= 0.3 is 0 Å². The van der Waals surface area contributed by atoms with Crippen LogP contribution in [0.1, 0.15) is 65.3 Å². The number of aromatic amines is 6.